The van der Waals surface area contributed by atoms with Crippen LogP contribution in [0.5, 0.6) is 0 Å². The van der Waals surface area contributed by atoms with Crippen LogP contribution < -0.4 is 4.90 Å². The average Bonchev–Trinajstić information content (AvgIpc) is 3.15. The molecular weight excluding hydrogens is 319 g/mol. The second kappa shape index (κ2) is 6.43. The summed E-state index contributed by atoms with van der Waals surface area (Å²) in [6.07, 6.45) is 3.01. The minimum Gasteiger partial charge on any atom is -0.356 e. The fourth-order valence-corrected chi connectivity index (χ4v) is 3.69. The number of fused-ring (bicyclic) bond motifs is 1. The summed E-state index contributed by atoms with van der Waals surface area (Å²) < 4.78 is 14.0. The van der Waals surface area contributed by atoms with E-state index in [4.69, 9.17) is 0 Å². The van der Waals surface area contributed by atoms with Gasteiger partial charge in [0.15, 0.2) is 0 Å². The largest absolute Gasteiger partial charge is 0.356 e. The van der Waals surface area contributed by atoms with E-state index in [1.54, 1.807) is 23.1 Å². The lowest BCUT2D eigenvalue weighted by atomic mass is 10.0. The van der Waals surface area contributed by atoms with Crippen LogP contribution >= 0.6 is 0 Å². The van der Waals surface area contributed by atoms with Gasteiger partial charge in [-0.3, -0.25) is 4.79 Å². The molecule has 0 atom stereocenters. The number of carbonyl (C=O) groups is 1. The first-order chi connectivity index (χ1) is 12.1. The Balaban J connectivity index is 1.66. The smallest absolute Gasteiger partial charge is 0.257 e. The maximum Gasteiger partial charge on any atom is 0.257 e. The van der Waals surface area contributed by atoms with E-state index in [-0.39, 0.29) is 11.5 Å². The van der Waals surface area contributed by atoms with E-state index in [1.165, 1.54) is 6.07 Å². The number of rotatable bonds is 2. The summed E-state index contributed by atoms with van der Waals surface area (Å²) in [6.45, 7) is 4.88. The Kier molecular flexibility index (Phi) is 4.11. The topological polar surface area (TPSA) is 49.3 Å². The molecule has 1 amide bonds. The molecule has 1 saturated heterocycles. The molecule has 2 aromatic rings. The second-order valence-electron chi connectivity index (χ2n) is 6.67. The first kappa shape index (κ1) is 16.0. The molecule has 1 aromatic heterocycles. The Morgan fingerprint density at radius 1 is 1.12 bits per heavy atom. The molecule has 0 spiro atoms. The zero-order chi connectivity index (χ0) is 17.4. The summed E-state index contributed by atoms with van der Waals surface area (Å²) >= 11 is 0. The Morgan fingerprint density at radius 3 is 2.64 bits per heavy atom. The number of benzene rings is 1. The molecular formula is C19H21FN4O. The minimum absolute atomic E-state index is 0.127. The zero-order valence-corrected chi connectivity index (χ0v) is 14.3. The number of amides is 1. The van der Waals surface area contributed by atoms with Crippen molar-refractivity contribution in [2.24, 2.45) is 0 Å². The number of anilines is 1. The van der Waals surface area contributed by atoms with Gasteiger partial charge in [-0.2, -0.15) is 0 Å². The predicted molar refractivity (Wildman–Crippen MR) is 93.1 cm³/mol. The summed E-state index contributed by atoms with van der Waals surface area (Å²) in [5.74, 6) is 0.982. The van der Waals surface area contributed by atoms with Crippen molar-refractivity contribution < 1.29 is 9.18 Å². The van der Waals surface area contributed by atoms with Crippen LogP contribution in [-0.2, 0) is 13.0 Å². The molecule has 6 heteroatoms. The summed E-state index contributed by atoms with van der Waals surface area (Å²) in [4.78, 5) is 26.0. The zero-order valence-electron chi connectivity index (χ0n) is 14.3. The Morgan fingerprint density at radius 2 is 1.88 bits per heavy atom. The Labute approximate surface area is 146 Å². The van der Waals surface area contributed by atoms with Crippen LogP contribution in [0.3, 0.4) is 0 Å². The van der Waals surface area contributed by atoms with E-state index in [2.05, 4.69) is 14.9 Å². The molecule has 0 saturated carbocycles. The second-order valence-corrected chi connectivity index (χ2v) is 6.67. The highest BCUT2D eigenvalue weighted by Crippen LogP contribution is 2.29. The average molecular weight is 340 g/mol. The molecule has 0 aliphatic carbocycles. The molecule has 0 N–H and O–H groups in total. The van der Waals surface area contributed by atoms with Gasteiger partial charge in [0.2, 0.25) is 0 Å². The van der Waals surface area contributed by atoms with E-state index < -0.39 is 5.82 Å². The van der Waals surface area contributed by atoms with Crippen molar-refractivity contribution in [2.75, 3.05) is 24.5 Å². The Hall–Kier alpha value is -2.50. The lowest BCUT2D eigenvalue weighted by Crippen LogP contribution is -2.38. The van der Waals surface area contributed by atoms with Crippen molar-refractivity contribution >= 4 is 11.7 Å². The molecule has 25 heavy (non-hydrogen) atoms. The van der Waals surface area contributed by atoms with Gasteiger partial charge in [0.1, 0.15) is 17.5 Å². The van der Waals surface area contributed by atoms with Gasteiger partial charge in [0, 0.05) is 31.6 Å². The molecule has 3 heterocycles. The highest BCUT2D eigenvalue weighted by atomic mass is 19.1. The molecule has 2 aliphatic heterocycles. The van der Waals surface area contributed by atoms with E-state index in [1.807, 2.05) is 6.92 Å². The van der Waals surface area contributed by atoms with E-state index in [0.717, 1.165) is 48.8 Å². The maximum absolute atomic E-state index is 14.0. The molecule has 5 nitrogen and oxygen atoms in total. The molecule has 4 rings (SSSR count). The summed E-state index contributed by atoms with van der Waals surface area (Å²) in [6, 6.07) is 6.16. The number of carbonyl (C=O) groups excluding carboxylic acids is 1. The molecule has 0 unspecified atom stereocenters. The maximum atomic E-state index is 14.0. The van der Waals surface area contributed by atoms with Crippen LogP contribution in [0.1, 0.15) is 40.3 Å². The van der Waals surface area contributed by atoms with Crippen LogP contribution in [-0.4, -0.2) is 40.4 Å². The lowest BCUT2D eigenvalue weighted by Gasteiger charge is -2.31. The Bertz CT molecular complexity index is 817. The van der Waals surface area contributed by atoms with Crippen LogP contribution in [0.2, 0.25) is 0 Å². The van der Waals surface area contributed by atoms with E-state index >= 15 is 0 Å². The van der Waals surface area contributed by atoms with Gasteiger partial charge in [-0.15, -0.1) is 0 Å². The van der Waals surface area contributed by atoms with Crippen molar-refractivity contribution in [3.63, 3.8) is 0 Å². The van der Waals surface area contributed by atoms with Gasteiger partial charge < -0.3 is 9.80 Å². The molecule has 2 aliphatic rings. The highest BCUT2D eigenvalue weighted by molar-refractivity contribution is 5.94. The molecule has 0 radical (unpaired) electrons. The van der Waals surface area contributed by atoms with Gasteiger partial charge in [-0.1, -0.05) is 12.1 Å². The van der Waals surface area contributed by atoms with Crippen LogP contribution in [0, 0.1) is 12.7 Å². The number of hydrogen-bond donors (Lipinski definition) is 0. The van der Waals surface area contributed by atoms with Crippen molar-refractivity contribution in [3.8, 4) is 0 Å². The van der Waals surface area contributed by atoms with Crippen molar-refractivity contribution in [3.05, 3.63) is 52.7 Å². The highest BCUT2D eigenvalue weighted by Gasteiger charge is 2.29. The number of halogens is 1. The van der Waals surface area contributed by atoms with E-state index in [9.17, 15) is 9.18 Å². The van der Waals surface area contributed by atoms with Crippen LogP contribution in [0.15, 0.2) is 24.3 Å². The first-order valence-corrected chi connectivity index (χ1v) is 8.78. The SMILES string of the molecule is Cc1nc2c(c(N3CCCC3)n1)CN(C(=O)c1ccccc1F)CC2. The van der Waals surface area contributed by atoms with Crippen molar-refractivity contribution in [1.29, 1.82) is 0 Å². The van der Waals surface area contributed by atoms with Gasteiger partial charge in [0.25, 0.3) is 5.91 Å². The minimum atomic E-state index is -0.474. The number of hydrogen-bond acceptors (Lipinski definition) is 4. The normalized spacial score (nSPS) is 16.9. The molecule has 1 fully saturated rings. The quantitative estimate of drug-likeness (QED) is 0.843. The lowest BCUT2D eigenvalue weighted by molar-refractivity contribution is 0.0729. The first-order valence-electron chi connectivity index (χ1n) is 8.78. The van der Waals surface area contributed by atoms with Crippen molar-refractivity contribution in [1.82, 2.24) is 14.9 Å². The van der Waals surface area contributed by atoms with Gasteiger partial charge >= 0.3 is 0 Å². The number of aryl methyl sites for hydroxylation is 1. The number of nitrogens with zero attached hydrogens (tertiary/aromatic N) is 4. The monoisotopic (exact) mass is 340 g/mol. The standard InChI is InChI=1S/C19H21FN4O/c1-13-21-17-8-11-24(19(25)14-6-2-3-7-16(14)20)12-15(17)18(22-13)23-9-4-5-10-23/h2-3,6-7H,4-5,8-12H2,1H3. The van der Waals surface area contributed by atoms with Gasteiger partial charge in [-0.25, -0.2) is 14.4 Å². The van der Waals surface area contributed by atoms with E-state index in [0.29, 0.717) is 19.5 Å². The van der Waals surface area contributed by atoms with Crippen LogP contribution in [0.25, 0.3) is 0 Å². The fourth-order valence-electron chi connectivity index (χ4n) is 3.69. The summed E-state index contributed by atoms with van der Waals surface area (Å²) in [5.41, 5.74) is 2.16. The van der Waals surface area contributed by atoms with Gasteiger partial charge in [0.05, 0.1) is 17.8 Å². The number of aromatic nitrogens is 2. The molecule has 130 valence electrons. The van der Waals surface area contributed by atoms with Crippen LogP contribution in [0.4, 0.5) is 10.2 Å². The third-order valence-electron chi connectivity index (χ3n) is 4.95. The fraction of sp³-hybridized carbons (Fsp3) is 0.421. The third kappa shape index (κ3) is 2.97. The van der Waals surface area contributed by atoms with Gasteiger partial charge in [-0.05, 0) is 31.9 Å². The molecule has 0 bridgehead atoms. The predicted octanol–water partition coefficient (Wildman–Crippen LogP) is 2.72. The molecule has 1 aromatic carbocycles. The summed E-state index contributed by atoms with van der Waals surface area (Å²) in [7, 11) is 0. The summed E-state index contributed by atoms with van der Waals surface area (Å²) in [5, 5.41) is 0. The van der Waals surface area contributed by atoms with Crippen molar-refractivity contribution in [2.45, 2.75) is 32.7 Å². The third-order valence-corrected chi connectivity index (χ3v) is 4.95.